The molecule has 0 radical (unpaired) electrons. The summed E-state index contributed by atoms with van der Waals surface area (Å²) in [6, 6.07) is 7.70. The van der Waals surface area contributed by atoms with Crippen LogP contribution >= 0.6 is 0 Å². The molecule has 1 fully saturated rings. The fraction of sp³-hybridized carbons (Fsp3) is 0.211. The van der Waals surface area contributed by atoms with Gasteiger partial charge in [0.05, 0.1) is 23.6 Å². The molecule has 0 aliphatic carbocycles. The molecule has 5 rings (SSSR count). The van der Waals surface area contributed by atoms with E-state index >= 15 is 0 Å². The van der Waals surface area contributed by atoms with Crippen LogP contribution in [-0.4, -0.2) is 47.1 Å². The van der Waals surface area contributed by atoms with Crippen molar-refractivity contribution in [1.82, 2.24) is 34.6 Å². The number of amides is 1. The number of fused-ring (bicyclic) bond motifs is 1. The standard InChI is InChI=1S/C19H17N7O/c1-25-17(19(27)26-7-5-16(26)15-4-6-20-11-21-15)8-12-2-3-14(24-18(12)25)13-9-22-23-10-13/h2-4,6,8-11,16H,5,7H2,1H3,(H,22,23)/t16-/m1/s1. The Kier molecular flexibility index (Phi) is 3.49. The van der Waals surface area contributed by atoms with Crippen LogP contribution in [0.1, 0.15) is 28.6 Å². The third-order valence-electron chi connectivity index (χ3n) is 5.12. The lowest BCUT2D eigenvalue weighted by Gasteiger charge is -2.40. The first-order valence-corrected chi connectivity index (χ1v) is 8.75. The average Bonchev–Trinajstić information content (AvgIpc) is 3.30. The van der Waals surface area contributed by atoms with E-state index in [0.717, 1.165) is 41.0 Å². The van der Waals surface area contributed by atoms with Crippen molar-refractivity contribution in [3.8, 4) is 11.3 Å². The number of carbonyl (C=O) groups excluding carboxylic acids is 1. The molecule has 1 N–H and O–H groups in total. The van der Waals surface area contributed by atoms with Gasteiger partial charge >= 0.3 is 0 Å². The summed E-state index contributed by atoms with van der Waals surface area (Å²) in [5.74, 6) is -0.00442. The van der Waals surface area contributed by atoms with Gasteiger partial charge in [-0.2, -0.15) is 5.10 Å². The van der Waals surface area contributed by atoms with Gasteiger partial charge in [-0.3, -0.25) is 9.89 Å². The van der Waals surface area contributed by atoms with Crippen molar-refractivity contribution in [3.63, 3.8) is 0 Å². The Hall–Kier alpha value is -3.55. The molecule has 0 saturated carbocycles. The zero-order valence-corrected chi connectivity index (χ0v) is 14.7. The molecule has 0 spiro atoms. The maximum absolute atomic E-state index is 13.1. The number of carbonyl (C=O) groups is 1. The molecule has 4 aromatic rings. The fourth-order valence-electron chi connectivity index (χ4n) is 3.54. The number of aromatic nitrogens is 6. The normalized spacial score (nSPS) is 16.5. The summed E-state index contributed by atoms with van der Waals surface area (Å²) in [6.07, 6.45) is 7.68. The summed E-state index contributed by atoms with van der Waals surface area (Å²) in [5.41, 5.74) is 4.01. The maximum atomic E-state index is 13.1. The van der Waals surface area contributed by atoms with E-state index in [1.807, 2.05) is 40.8 Å². The Bertz CT molecular complexity index is 1120. The number of nitrogens with one attached hydrogen (secondary N) is 1. The molecule has 0 bridgehead atoms. The highest BCUT2D eigenvalue weighted by atomic mass is 16.2. The lowest BCUT2D eigenvalue weighted by atomic mass is 9.98. The Morgan fingerprint density at radius 1 is 1.30 bits per heavy atom. The average molecular weight is 359 g/mol. The molecule has 1 atom stereocenters. The molecule has 134 valence electrons. The highest BCUT2D eigenvalue weighted by molar-refractivity contribution is 5.98. The maximum Gasteiger partial charge on any atom is 0.271 e. The van der Waals surface area contributed by atoms with E-state index in [-0.39, 0.29) is 11.9 Å². The van der Waals surface area contributed by atoms with E-state index in [4.69, 9.17) is 4.98 Å². The van der Waals surface area contributed by atoms with Crippen molar-refractivity contribution in [1.29, 1.82) is 0 Å². The van der Waals surface area contributed by atoms with Crippen LogP contribution < -0.4 is 0 Å². The summed E-state index contributed by atoms with van der Waals surface area (Å²) < 4.78 is 1.86. The van der Waals surface area contributed by atoms with Crippen molar-refractivity contribution in [2.45, 2.75) is 12.5 Å². The third-order valence-corrected chi connectivity index (χ3v) is 5.12. The van der Waals surface area contributed by atoms with Crippen LogP contribution in [0.2, 0.25) is 0 Å². The van der Waals surface area contributed by atoms with Gasteiger partial charge in [0.2, 0.25) is 0 Å². The molecule has 1 saturated heterocycles. The number of nitrogens with zero attached hydrogens (tertiary/aromatic N) is 6. The molecule has 0 unspecified atom stereocenters. The summed E-state index contributed by atoms with van der Waals surface area (Å²) in [5, 5.41) is 7.70. The first-order chi connectivity index (χ1) is 13.2. The minimum Gasteiger partial charge on any atom is -0.329 e. The number of rotatable bonds is 3. The molecule has 0 aromatic carbocycles. The summed E-state index contributed by atoms with van der Waals surface area (Å²) in [4.78, 5) is 28.0. The quantitative estimate of drug-likeness (QED) is 0.606. The Morgan fingerprint density at radius 2 is 2.22 bits per heavy atom. The van der Waals surface area contributed by atoms with Crippen molar-refractivity contribution in [2.75, 3.05) is 6.54 Å². The first kappa shape index (κ1) is 15.7. The van der Waals surface area contributed by atoms with Crippen LogP contribution in [0.25, 0.3) is 22.3 Å². The SMILES string of the molecule is Cn1c(C(=O)N2CC[C@@H]2c2ccncn2)cc2ccc(-c3cn[nH]c3)nc21. The second-order valence-electron chi connectivity index (χ2n) is 6.62. The minimum absolute atomic E-state index is 0.00442. The van der Waals surface area contributed by atoms with Crippen molar-refractivity contribution in [2.24, 2.45) is 7.05 Å². The molecular weight excluding hydrogens is 342 g/mol. The van der Waals surface area contributed by atoms with Gasteiger partial charge in [-0.1, -0.05) is 0 Å². The molecule has 5 heterocycles. The molecular formula is C19H17N7O. The number of hydrogen-bond acceptors (Lipinski definition) is 5. The number of H-pyrrole nitrogens is 1. The number of pyridine rings is 1. The largest absolute Gasteiger partial charge is 0.329 e. The lowest BCUT2D eigenvalue weighted by molar-refractivity contribution is 0.0441. The molecule has 1 amide bonds. The van der Waals surface area contributed by atoms with Crippen LogP contribution in [0.3, 0.4) is 0 Å². The Labute approximate surface area is 154 Å². The van der Waals surface area contributed by atoms with Gasteiger partial charge in [-0.25, -0.2) is 15.0 Å². The van der Waals surface area contributed by atoms with Gasteiger partial charge in [-0.15, -0.1) is 0 Å². The van der Waals surface area contributed by atoms with Gasteiger partial charge in [0.15, 0.2) is 0 Å². The monoisotopic (exact) mass is 359 g/mol. The van der Waals surface area contributed by atoms with Crippen LogP contribution in [0.5, 0.6) is 0 Å². The van der Waals surface area contributed by atoms with Crippen LogP contribution in [0.15, 0.2) is 49.2 Å². The lowest BCUT2D eigenvalue weighted by Crippen LogP contribution is -2.46. The van der Waals surface area contributed by atoms with E-state index in [1.165, 1.54) is 6.33 Å². The zero-order chi connectivity index (χ0) is 18.4. The number of hydrogen-bond donors (Lipinski definition) is 1. The van der Waals surface area contributed by atoms with Gasteiger partial charge in [-0.05, 0) is 30.7 Å². The smallest absolute Gasteiger partial charge is 0.271 e. The highest BCUT2D eigenvalue weighted by Gasteiger charge is 2.36. The second kappa shape index (κ2) is 6.01. The van der Waals surface area contributed by atoms with E-state index in [9.17, 15) is 4.79 Å². The molecule has 1 aliphatic heterocycles. The van der Waals surface area contributed by atoms with E-state index < -0.39 is 0 Å². The van der Waals surface area contributed by atoms with E-state index in [0.29, 0.717) is 5.69 Å². The minimum atomic E-state index is -0.00442. The van der Waals surface area contributed by atoms with Gasteiger partial charge in [0.25, 0.3) is 5.91 Å². The van der Waals surface area contributed by atoms with E-state index in [1.54, 1.807) is 18.6 Å². The van der Waals surface area contributed by atoms with Crippen molar-refractivity contribution < 1.29 is 4.79 Å². The van der Waals surface area contributed by atoms with Crippen LogP contribution in [0, 0.1) is 0 Å². The zero-order valence-electron chi connectivity index (χ0n) is 14.7. The number of aryl methyl sites for hydroxylation is 1. The highest BCUT2D eigenvalue weighted by Crippen LogP contribution is 2.34. The van der Waals surface area contributed by atoms with Gasteiger partial charge in [0.1, 0.15) is 17.7 Å². The van der Waals surface area contributed by atoms with Crippen molar-refractivity contribution >= 4 is 16.9 Å². The summed E-state index contributed by atoms with van der Waals surface area (Å²) in [7, 11) is 1.88. The number of aromatic amines is 1. The van der Waals surface area contributed by atoms with Gasteiger partial charge in [0, 0.05) is 36.9 Å². The summed E-state index contributed by atoms with van der Waals surface area (Å²) in [6.45, 7) is 0.725. The topological polar surface area (TPSA) is 92.6 Å². The van der Waals surface area contributed by atoms with Crippen molar-refractivity contribution in [3.05, 3.63) is 60.6 Å². The first-order valence-electron chi connectivity index (χ1n) is 8.75. The Balaban J connectivity index is 1.49. The fourth-order valence-corrected chi connectivity index (χ4v) is 3.54. The molecule has 1 aliphatic rings. The molecule has 4 aromatic heterocycles. The summed E-state index contributed by atoms with van der Waals surface area (Å²) >= 11 is 0. The molecule has 27 heavy (non-hydrogen) atoms. The second-order valence-corrected chi connectivity index (χ2v) is 6.62. The van der Waals surface area contributed by atoms with Crippen LogP contribution in [0.4, 0.5) is 0 Å². The predicted octanol–water partition coefficient (Wildman–Crippen LogP) is 2.34. The van der Waals surface area contributed by atoms with E-state index in [2.05, 4.69) is 20.2 Å². The number of likely N-dealkylation sites (tertiary alicyclic amines) is 1. The third kappa shape index (κ3) is 2.49. The molecule has 8 heteroatoms. The predicted molar refractivity (Wildman–Crippen MR) is 98.7 cm³/mol. The molecule has 8 nitrogen and oxygen atoms in total. The van der Waals surface area contributed by atoms with Crippen LogP contribution in [-0.2, 0) is 7.05 Å². The van der Waals surface area contributed by atoms with Gasteiger partial charge < -0.3 is 9.47 Å². The Morgan fingerprint density at radius 3 is 2.93 bits per heavy atom.